The highest BCUT2D eigenvalue weighted by molar-refractivity contribution is 7.11. The van der Waals surface area contributed by atoms with Crippen molar-refractivity contribution in [2.75, 3.05) is 7.05 Å². The fraction of sp³-hybridized carbons (Fsp3) is 0.200. The molecule has 3 rings (SSSR count). The zero-order chi connectivity index (χ0) is 13.1. The second-order valence-corrected chi connectivity index (χ2v) is 5.62. The Morgan fingerprint density at radius 1 is 1.00 bits per heavy atom. The van der Waals surface area contributed by atoms with Crippen LogP contribution >= 0.6 is 11.3 Å². The Morgan fingerprint density at radius 2 is 1.79 bits per heavy atom. The minimum absolute atomic E-state index is 0.787. The number of hydrogen-bond donors (Lipinski definition) is 1. The van der Waals surface area contributed by atoms with E-state index in [0.717, 1.165) is 23.0 Å². The van der Waals surface area contributed by atoms with Crippen LogP contribution in [0.15, 0.2) is 42.5 Å². The van der Waals surface area contributed by atoms with Crippen LogP contribution in [0.25, 0.3) is 10.8 Å². The lowest BCUT2D eigenvalue weighted by Crippen LogP contribution is -2.04. The molecule has 19 heavy (non-hydrogen) atoms. The molecule has 0 spiro atoms. The van der Waals surface area contributed by atoms with E-state index in [1.54, 1.807) is 11.3 Å². The monoisotopic (exact) mass is 269 g/mol. The zero-order valence-corrected chi connectivity index (χ0v) is 11.6. The van der Waals surface area contributed by atoms with Gasteiger partial charge in [0.15, 0.2) is 0 Å². The topological polar surface area (TPSA) is 37.8 Å². The van der Waals surface area contributed by atoms with Crippen molar-refractivity contribution < 1.29 is 0 Å². The molecule has 1 heterocycles. The molecule has 0 unspecified atom stereocenters. The third kappa shape index (κ3) is 2.80. The fourth-order valence-corrected chi connectivity index (χ4v) is 3.00. The van der Waals surface area contributed by atoms with Crippen LogP contribution in [0.1, 0.15) is 15.6 Å². The van der Waals surface area contributed by atoms with Crippen LogP contribution in [0.3, 0.4) is 0 Å². The summed E-state index contributed by atoms with van der Waals surface area (Å²) in [6.45, 7) is 0.787. The standard InChI is InChI=1S/C15H15N3S/c1-16-10-15-18-17-14(19-15)9-11-6-7-12-4-2-3-5-13(12)8-11/h2-8,16H,9-10H2,1H3. The Kier molecular flexibility index (Phi) is 3.53. The van der Waals surface area contributed by atoms with Crippen LogP contribution in [-0.2, 0) is 13.0 Å². The summed E-state index contributed by atoms with van der Waals surface area (Å²) in [6, 6.07) is 15.0. The van der Waals surface area contributed by atoms with Crippen molar-refractivity contribution in [2.24, 2.45) is 0 Å². The molecule has 0 atom stereocenters. The number of nitrogens with zero attached hydrogens (tertiary/aromatic N) is 2. The minimum atomic E-state index is 0.787. The van der Waals surface area contributed by atoms with E-state index in [-0.39, 0.29) is 0 Å². The third-order valence-corrected chi connectivity index (χ3v) is 3.93. The van der Waals surface area contributed by atoms with E-state index in [9.17, 15) is 0 Å². The average molecular weight is 269 g/mol. The lowest BCUT2D eigenvalue weighted by molar-refractivity contribution is 0.791. The number of nitrogens with one attached hydrogen (secondary N) is 1. The van der Waals surface area contributed by atoms with E-state index in [4.69, 9.17) is 0 Å². The maximum Gasteiger partial charge on any atom is 0.131 e. The first kappa shape index (κ1) is 12.3. The van der Waals surface area contributed by atoms with Crippen molar-refractivity contribution in [1.82, 2.24) is 15.5 Å². The number of rotatable bonds is 4. The van der Waals surface area contributed by atoms with Crippen LogP contribution in [0, 0.1) is 0 Å². The van der Waals surface area contributed by atoms with Gasteiger partial charge < -0.3 is 5.32 Å². The maximum atomic E-state index is 4.24. The van der Waals surface area contributed by atoms with Crippen LogP contribution in [0.5, 0.6) is 0 Å². The number of fused-ring (bicyclic) bond motifs is 1. The molecule has 0 saturated heterocycles. The molecule has 0 radical (unpaired) electrons. The van der Waals surface area contributed by atoms with Crippen LogP contribution in [-0.4, -0.2) is 17.2 Å². The molecule has 0 saturated carbocycles. The predicted octanol–water partition coefficient (Wildman–Crippen LogP) is 3.00. The molecule has 96 valence electrons. The van der Waals surface area contributed by atoms with Gasteiger partial charge in [0.05, 0.1) is 0 Å². The van der Waals surface area contributed by atoms with Crippen molar-refractivity contribution >= 4 is 22.1 Å². The molecule has 2 aromatic carbocycles. The van der Waals surface area contributed by atoms with Crippen molar-refractivity contribution in [3.8, 4) is 0 Å². The number of aromatic nitrogens is 2. The Labute approximate surface area is 116 Å². The quantitative estimate of drug-likeness (QED) is 0.791. The number of benzene rings is 2. The summed E-state index contributed by atoms with van der Waals surface area (Å²) < 4.78 is 0. The second kappa shape index (κ2) is 5.47. The Bertz CT molecular complexity index is 690. The van der Waals surface area contributed by atoms with Gasteiger partial charge in [-0.25, -0.2) is 0 Å². The van der Waals surface area contributed by atoms with Gasteiger partial charge in [-0.2, -0.15) is 0 Å². The van der Waals surface area contributed by atoms with Crippen molar-refractivity contribution in [3.05, 3.63) is 58.0 Å². The first-order valence-corrected chi connectivity index (χ1v) is 7.10. The summed E-state index contributed by atoms with van der Waals surface area (Å²) in [5, 5.41) is 16.2. The normalized spacial score (nSPS) is 11.0. The van der Waals surface area contributed by atoms with E-state index in [1.165, 1.54) is 16.3 Å². The molecule has 0 fully saturated rings. The summed E-state index contributed by atoms with van der Waals surface area (Å²) in [5.41, 5.74) is 1.28. The van der Waals surface area contributed by atoms with Crippen LogP contribution in [0.4, 0.5) is 0 Å². The van der Waals surface area contributed by atoms with Gasteiger partial charge in [-0.05, 0) is 23.4 Å². The van der Waals surface area contributed by atoms with Gasteiger partial charge in [0.1, 0.15) is 10.0 Å². The average Bonchev–Trinajstić information content (AvgIpc) is 2.86. The minimum Gasteiger partial charge on any atom is -0.313 e. The van der Waals surface area contributed by atoms with Crippen molar-refractivity contribution in [3.63, 3.8) is 0 Å². The smallest absolute Gasteiger partial charge is 0.131 e. The summed E-state index contributed by atoms with van der Waals surface area (Å²) in [5.74, 6) is 0. The molecule has 0 bridgehead atoms. The molecule has 0 amide bonds. The SMILES string of the molecule is CNCc1nnc(Cc2ccc3ccccc3c2)s1. The van der Waals surface area contributed by atoms with Gasteiger partial charge in [0, 0.05) is 13.0 Å². The van der Waals surface area contributed by atoms with Crippen molar-refractivity contribution in [2.45, 2.75) is 13.0 Å². The van der Waals surface area contributed by atoms with E-state index in [2.05, 4.69) is 58.0 Å². The van der Waals surface area contributed by atoms with Gasteiger partial charge in [0.25, 0.3) is 0 Å². The van der Waals surface area contributed by atoms with Gasteiger partial charge in [-0.1, -0.05) is 53.8 Å². The van der Waals surface area contributed by atoms with Gasteiger partial charge in [-0.15, -0.1) is 10.2 Å². The lowest BCUT2D eigenvalue weighted by Gasteiger charge is -2.01. The molecule has 0 aliphatic rings. The largest absolute Gasteiger partial charge is 0.313 e. The maximum absolute atomic E-state index is 4.24. The Morgan fingerprint density at radius 3 is 2.63 bits per heavy atom. The Hall–Kier alpha value is -1.78. The molecule has 1 N–H and O–H groups in total. The second-order valence-electron chi connectivity index (χ2n) is 4.48. The molecule has 3 aromatic rings. The zero-order valence-electron chi connectivity index (χ0n) is 10.8. The predicted molar refractivity (Wildman–Crippen MR) is 79.4 cm³/mol. The van der Waals surface area contributed by atoms with Gasteiger partial charge in [0.2, 0.25) is 0 Å². The fourth-order valence-electron chi connectivity index (χ4n) is 2.11. The third-order valence-electron chi connectivity index (χ3n) is 3.01. The van der Waals surface area contributed by atoms with Crippen LogP contribution < -0.4 is 5.32 Å². The van der Waals surface area contributed by atoms with Crippen LogP contribution in [0.2, 0.25) is 0 Å². The summed E-state index contributed by atoms with van der Waals surface area (Å²) >= 11 is 1.67. The van der Waals surface area contributed by atoms with Gasteiger partial charge in [-0.3, -0.25) is 0 Å². The summed E-state index contributed by atoms with van der Waals surface area (Å²) in [6.07, 6.45) is 0.853. The first-order chi connectivity index (χ1) is 9.35. The summed E-state index contributed by atoms with van der Waals surface area (Å²) in [4.78, 5) is 0. The molecule has 4 heteroatoms. The lowest BCUT2D eigenvalue weighted by atomic mass is 10.1. The van der Waals surface area contributed by atoms with Crippen molar-refractivity contribution in [1.29, 1.82) is 0 Å². The highest BCUT2D eigenvalue weighted by atomic mass is 32.1. The van der Waals surface area contributed by atoms with E-state index in [0.29, 0.717) is 0 Å². The molecule has 3 nitrogen and oxygen atoms in total. The molecular formula is C15H15N3S. The highest BCUT2D eigenvalue weighted by Crippen LogP contribution is 2.19. The van der Waals surface area contributed by atoms with E-state index >= 15 is 0 Å². The molecule has 1 aromatic heterocycles. The van der Waals surface area contributed by atoms with Gasteiger partial charge >= 0.3 is 0 Å². The Balaban J connectivity index is 1.83. The molecular weight excluding hydrogens is 254 g/mol. The van der Waals surface area contributed by atoms with E-state index in [1.807, 2.05) is 7.05 Å². The first-order valence-electron chi connectivity index (χ1n) is 6.29. The summed E-state index contributed by atoms with van der Waals surface area (Å²) in [7, 11) is 1.92. The molecule has 0 aliphatic heterocycles. The van der Waals surface area contributed by atoms with E-state index < -0.39 is 0 Å². The molecule has 0 aliphatic carbocycles. The number of hydrogen-bond acceptors (Lipinski definition) is 4. The highest BCUT2D eigenvalue weighted by Gasteiger charge is 2.05.